The van der Waals surface area contributed by atoms with E-state index in [2.05, 4.69) is 26.1 Å². The van der Waals surface area contributed by atoms with Gasteiger partial charge in [-0.05, 0) is 24.8 Å². The van der Waals surface area contributed by atoms with Gasteiger partial charge < -0.3 is 10.4 Å². The second-order valence-electron chi connectivity index (χ2n) is 4.70. The van der Waals surface area contributed by atoms with Crippen LogP contribution in [0.1, 0.15) is 33.6 Å². The van der Waals surface area contributed by atoms with Crippen LogP contribution in [0.5, 0.6) is 0 Å². The summed E-state index contributed by atoms with van der Waals surface area (Å²) in [7, 11) is 0. The fraction of sp³-hybridized carbons (Fsp3) is 1.00. The van der Waals surface area contributed by atoms with Crippen molar-refractivity contribution in [2.45, 2.75) is 44.9 Å². The van der Waals surface area contributed by atoms with Gasteiger partial charge in [-0.25, -0.2) is 0 Å². The van der Waals surface area contributed by atoms with Crippen LogP contribution in [-0.4, -0.2) is 35.3 Å². The molecule has 1 saturated carbocycles. The van der Waals surface area contributed by atoms with Crippen molar-refractivity contribution in [2.75, 3.05) is 18.9 Å². The first-order valence-corrected chi connectivity index (χ1v) is 6.62. The molecule has 1 rings (SSSR count). The number of aliphatic hydroxyl groups is 1. The molecular formula is C11H23NOS. The zero-order valence-corrected chi connectivity index (χ0v) is 10.4. The molecule has 0 aromatic heterocycles. The van der Waals surface area contributed by atoms with Gasteiger partial charge in [0.2, 0.25) is 0 Å². The lowest BCUT2D eigenvalue weighted by Gasteiger charge is -2.31. The minimum Gasteiger partial charge on any atom is -0.396 e. The molecule has 0 amide bonds. The van der Waals surface area contributed by atoms with Crippen molar-refractivity contribution in [2.24, 2.45) is 5.41 Å². The monoisotopic (exact) mass is 217 g/mol. The maximum absolute atomic E-state index is 8.83. The number of hydrogen-bond acceptors (Lipinski definition) is 3. The highest BCUT2D eigenvalue weighted by atomic mass is 32.2. The lowest BCUT2D eigenvalue weighted by Crippen LogP contribution is -2.43. The zero-order valence-electron chi connectivity index (χ0n) is 9.55. The molecule has 0 spiro atoms. The number of nitrogens with one attached hydrogen (secondary N) is 1. The van der Waals surface area contributed by atoms with Crippen LogP contribution in [-0.2, 0) is 0 Å². The summed E-state index contributed by atoms with van der Waals surface area (Å²) in [6, 6.07) is 0.615. The highest BCUT2D eigenvalue weighted by Gasteiger charge is 2.41. The van der Waals surface area contributed by atoms with Crippen molar-refractivity contribution >= 4 is 11.8 Å². The molecule has 14 heavy (non-hydrogen) atoms. The van der Waals surface area contributed by atoms with Gasteiger partial charge in [0.15, 0.2) is 0 Å². The van der Waals surface area contributed by atoms with Gasteiger partial charge in [-0.15, -0.1) is 0 Å². The smallest absolute Gasteiger partial charge is 0.0521 e. The van der Waals surface area contributed by atoms with E-state index in [-0.39, 0.29) is 0 Å². The molecule has 2 nitrogen and oxygen atoms in total. The Kier molecular flexibility index (Phi) is 4.74. The third kappa shape index (κ3) is 2.88. The van der Waals surface area contributed by atoms with Gasteiger partial charge in [-0.2, -0.15) is 11.8 Å². The van der Waals surface area contributed by atoms with E-state index < -0.39 is 0 Å². The van der Waals surface area contributed by atoms with Crippen molar-refractivity contribution in [3.05, 3.63) is 0 Å². The Morgan fingerprint density at radius 1 is 1.50 bits per heavy atom. The minimum absolute atomic E-state index is 0.306. The topological polar surface area (TPSA) is 32.3 Å². The fourth-order valence-electron chi connectivity index (χ4n) is 2.35. The molecule has 0 heterocycles. The molecule has 2 unspecified atom stereocenters. The molecule has 2 atom stereocenters. The van der Waals surface area contributed by atoms with Crippen LogP contribution >= 0.6 is 11.8 Å². The highest BCUT2D eigenvalue weighted by molar-refractivity contribution is 8.00. The van der Waals surface area contributed by atoms with Crippen LogP contribution in [0, 0.1) is 5.41 Å². The molecule has 2 N–H and O–H groups in total. The molecule has 84 valence electrons. The predicted molar refractivity (Wildman–Crippen MR) is 63.8 cm³/mol. The molecule has 1 aliphatic rings. The van der Waals surface area contributed by atoms with E-state index in [9.17, 15) is 0 Å². The molecule has 0 bridgehead atoms. The quantitative estimate of drug-likeness (QED) is 0.737. The second kappa shape index (κ2) is 5.38. The van der Waals surface area contributed by atoms with E-state index in [4.69, 9.17) is 5.11 Å². The summed E-state index contributed by atoms with van der Waals surface area (Å²) in [5.74, 6) is 0.878. The molecule has 1 aliphatic carbocycles. The van der Waals surface area contributed by atoms with Gasteiger partial charge in [0.1, 0.15) is 0 Å². The van der Waals surface area contributed by atoms with Gasteiger partial charge in [0.25, 0.3) is 0 Å². The number of aliphatic hydroxyl groups excluding tert-OH is 1. The largest absolute Gasteiger partial charge is 0.396 e. The summed E-state index contributed by atoms with van der Waals surface area (Å²) in [6.45, 7) is 8.21. The summed E-state index contributed by atoms with van der Waals surface area (Å²) >= 11 is 1.92. The van der Waals surface area contributed by atoms with Crippen molar-refractivity contribution in [3.8, 4) is 0 Å². The standard InChI is InChI=1S/C11H23NOS/c1-4-12-10-9(14-8-7-13)5-6-11(10,2)3/h9-10,12-13H,4-8H2,1-3H3. The Morgan fingerprint density at radius 2 is 2.21 bits per heavy atom. The normalized spacial score (nSPS) is 30.9. The molecule has 0 aliphatic heterocycles. The second-order valence-corrected chi connectivity index (χ2v) is 6.04. The minimum atomic E-state index is 0.306. The third-order valence-corrected chi connectivity index (χ3v) is 4.49. The van der Waals surface area contributed by atoms with E-state index in [1.54, 1.807) is 0 Å². The third-order valence-electron chi connectivity index (χ3n) is 3.13. The van der Waals surface area contributed by atoms with Crippen molar-refractivity contribution < 1.29 is 5.11 Å². The van der Waals surface area contributed by atoms with E-state index in [1.807, 2.05) is 11.8 Å². The predicted octanol–water partition coefficient (Wildman–Crippen LogP) is 1.88. The Morgan fingerprint density at radius 3 is 2.79 bits per heavy atom. The van der Waals surface area contributed by atoms with Crippen LogP contribution in [0.4, 0.5) is 0 Å². The molecule has 0 radical (unpaired) electrons. The molecule has 0 aromatic rings. The molecule has 3 heteroatoms. The van der Waals surface area contributed by atoms with Gasteiger partial charge in [-0.3, -0.25) is 0 Å². The van der Waals surface area contributed by atoms with Crippen LogP contribution in [0.15, 0.2) is 0 Å². The van der Waals surface area contributed by atoms with E-state index in [0.29, 0.717) is 23.3 Å². The van der Waals surface area contributed by atoms with Gasteiger partial charge >= 0.3 is 0 Å². The number of rotatable bonds is 5. The SMILES string of the molecule is CCNC1C(SCCO)CCC1(C)C. The maximum Gasteiger partial charge on any atom is 0.0521 e. The van der Waals surface area contributed by atoms with E-state index in [0.717, 1.165) is 12.3 Å². The summed E-state index contributed by atoms with van der Waals surface area (Å²) in [6.07, 6.45) is 2.59. The van der Waals surface area contributed by atoms with Crippen molar-refractivity contribution in [3.63, 3.8) is 0 Å². The fourth-order valence-corrected chi connectivity index (χ4v) is 3.70. The maximum atomic E-state index is 8.83. The molecule has 1 fully saturated rings. The van der Waals surface area contributed by atoms with Gasteiger partial charge in [-0.1, -0.05) is 20.8 Å². The Labute approximate surface area is 91.9 Å². The summed E-state index contributed by atoms with van der Waals surface area (Å²) < 4.78 is 0. The summed E-state index contributed by atoms with van der Waals surface area (Å²) in [5.41, 5.74) is 0.420. The van der Waals surface area contributed by atoms with Gasteiger partial charge in [0.05, 0.1) is 6.61 Å². The molecule has 0 aromatic carbocycles. The average molecular weight is 217 g/mol. The molecular weight excluding hydrogens is 194 g/mol. The Hall–Kier alpha value is 0.270. The van der Waals surface area contributed by atoms with Crippen LogP contribution < -0.4 is 5.32 Å². The van der Waals surface area contributed by atoms with Crippen LogP contribution in [0.25, 0.3) is 0 Å². The van der Waals surface area contributed by atoms with E-state index in [1.165, 1.54) is 12.8 Å². The number of hydrogen-bond donors (Lipinski definition) is 2. The summed E-state index contributed by atoms with van der Waals surface area (Å²) in [4.78, 5) is 0. The highest BCUT2D eigenvalue weighted by Crippen LogP contribution is 2.42. The lowest BCUT2D eigenvalue weighted by atomic mass is 9.87. The molecule has 0 saturated heterocycles. The Bertz CT molecular complexity index is 173. The number of thioether (sulfide) groups is 1. The Balaban J connectivity index is 2.50. The van der Waals surface area contributed by atoms with Crippen LogP contribution in [0.3, 0.4) is 0 Å². The first-order valence-electron chi connectivity index (χ1n) is 5.57. The van der Waals surface area contributed by atoms with Gasteiger partial charge in [0, 0.05) is 17.0 Å². The van der Waals surface area contributed by atoms with E-state index >= 15 is 0 Å². The van der Waals surface area contributed by atoms with Crippen molar-refractivity contribution in [1.29, 1.82) is 0 Å². The zero-order chi connectivity index (χ0) is 10.6. The first-order chi connectivity index (χ1) is 6.61. The van der Waals surface area contributed by atoms with Crippen molar-refractivity contribution in [1.82, 2.24) is 5.32 Å². The first kappa shape index (κ1) is 12.3. The van der Waals surface area contributed by atoms with Crippen LogP contribution in [0.2, 0.25) is 0 Å². The summed E-state index contributed by atoms with van der Waals surface area (Å²) in [5, 5.41) is 13.1. The lowest BCUT2D eigenvalue weighted by molar-refractivity contribution is 0.290. The average Bonchev–Trinajstić information content (AvgIpc) is 2.41.